The maximum absolute atomic E-state index is 12.8. The van der Waals surface area contributed by atoms with Crippen LogP contribution in [0.4, 0.5) is 11.4 Å². The second kappa shape index (κ2) is 11.4. The highest BCUT2D eigenvalue weighted by molar-refractivity contribution is 7.80. The van der Waals surface area contributed by atoms with Gasteiger partial charge in [0, 0.05) is 17.3 Å². The van der Waals surface area contributed by atoms with E-state index in [0.717, 1.165) is 11.3 Å². The molecule has 0 unspecified atom stereocenters. The number of carbonyl (C=O) groups excluding carboxylic acids is 1. The summed E-state index contributed by atoms with van der Waals surface area (Å²) in [5.41, 5.74) is 2.94. The highest BCUT2D eigenvalue weighted by Gasteiger charge is 2.12. The van der Waals surface area contributed by atoms with Crippen LogP contribution in [-0.2, 0) is 6.42 Å². The summed E-state index contributed by atoms with van der Waals surface area (Å²) >= 11 is 11.3. The molecule has 32 heavy (non-hydrogen) atoms. The molecule has 3 aromatic rings. The minimum absolute atomic E-state index is 0.192. The zero-order valence-corrected chi connectivity index (χ0v) is 19.3. The maximum Gasteiger partial charge on any atom is 0.253 e. The minimum atomic E-state index is -0.192. The summed E-state index contributed by atoms with van der Waals surface area (Å²) in [5.74, 6) is 1.14. The number of rotatable bonds is 8. The number of thiocarbonyl (C=S) groups is 1. The molecule has 0 aliphatic rings. The van der Waals surface area contributed by atoms with Gasteiger partial charge in [-0.1, -0.05) is 29.8 Å². The number of ether oxygens (including phenoxy) is 2. The monoisotopic (exact) mass is 469 g/mol. The third-order valence-corrected chi connectivity index (χ3v) is 5.13. The second-order valence-corrected chi connectivity index (χ2v) is 7.67. The Balaban J connectivity index is 1.59. The third-order valence-electron chi connectivity index (χ3n) is 4.67. The molecule has 3 N–H and O–H groups in total. The van der Waals surface area contributed by atoms with Gasteiger partial charge in [0.2, 0.25) is 0 Å². The molecule has 3 rings (SSSR count). The molecule has 166 valence electrons. The molecule has 0 saturated carbocycles. The van der Waals surface area contributed by atoms with Gasteiger partial charge in [0.25, 0.3) is 5.91 Å². The van der Waals surface area contributed by atoms with Crippen molar-refractivity contribution < 1.29 is 14.3 Å². The lowest BCUT2D eigenvalue weighted by molar-refractivity contribution is 0.0955. The highest BCUT2D eigenvalue weighted by Crippen LogP contribution is 2.27. The first-order chi connectivity index (χ1) is 15.5. The Morgan fingerprint density at radius 3 is 2.38 bits per heavy atom. The average molecular weight is 470 g/mol. The number of anilines is 2. The topological polar surface area (TPSA) is 71.6 Å². The van der Waals surface area contributed by atoms with Crippen molar-refractivity contribution in [1.29, 1.82) is 0 Å². The lowest BCUT2D eigenvalue weighted by Crippen LogP contribution is -2.28. The normalized spacial score (nSPS) is 10.2. The first-order valence-electron chi connectivity index (χ1n) is 9.92. The summed E-state index contributed by atoms with van der Waals surface area (Å²) < 4.78 is 10.6. The number of nitrogens with one attached hydrogen (secondary N) is 3. The fraction of sp³-hybridized carbons (Fsp3) is 0.167. The quantitative estimate of drug-likeness (QED) is 0.397. The Labute approximate surface area is 197 Å². The van der Waals surface area contributed by atoms with Crippen LogP contribution in [0.25, 0.3) is 0 Å². The van der Waals surface area contributed by atoms with Crippen LogP contribution in [0.2, 0.25) is 5.02 Å². The van der Waals surface area contributed by atoms with Crippen LogP contribution < -0.4 is 25.4 Å². The van der Waals surface area contributed by atoms with Crippen LogP contribution >= 0.6 is 23.8 Å². The minimum Gasteiger partial charge on any atom is -0.493 e. The smallest absolute Gasteiger partial charge is 0.253 e. The van der Waals surface area contributed by atoms with Gasteiger partial charge < -0.3 is 25.4 Å². The fourth-order valence-corrected chi connectivity index (χ4v) is 3.41. The Morgan fingerprint density at radius 1 is 0.938 bits per heavy atom. The molecule has 0 heterocycles. The molecule has 0 aliphatic carbocycles. The third kappa shape index (κ3) is 6.35. The van der Waals surface area contributed by atoms with E-state index in [1.54, 1.807) is 38.5 Å². The zero-order valence-electron chi connectivity index (χ0n) is 17.8. The van der Waals surface area contributed by atoms with Crippen molar-refractivity contribution in [2.45, 2.75) is 6.42 Å². The van der Waals surface area contributed by atoms with E-state index in [1.165, 1.54) is 0 Å². The van der Waals surface area contributed by atoms with Gasteiger partial charge in [-0.2, -0.15) is 0 Å². The molecular formula is C24H24ClN3O3S. The lowest BCUT2D eigenvalue weighted by atomic mass is 10.1. The molecule has 0 aliphatic heterocycles. The first-order valence-corrected chi connectivity index (χ1v) is 10.7. The van der Waals surface area contributed by atoms with Crippen molar-refractivity contribution in [3.63, 3.8) is 0 Å². The van der Waals surface area contributed by atoms with Crippen molar-refractivity contribution >= 4 is 46.2 Å². The van der Waals surface area contributed by atoms with E-state index in [2.05, 4.69) is 16.0 Å². The van der Waals surface area contributed by atoms with Gasteiger partial charge in [0.15, 0.2) is 16.6 Å². The van der Waals surface area contributed by atoms with Crippen LogP contribution in [0, 0.1) is 0 Å². The van der Waals surface area contributed by atoms with E-state index in [9.17, 15) is 4.79 Å². The number of hydrogen-bond donors (Lipinski definition) is 3. The van der Waals surface area contributed by atoms with Gasteiger partial charge in [0.1, 0.15) is 0 Å². The molecule has 8 heteroatoms. The molecule has 0 spiro atoms. The predicted molar refractivity (Wildman–Crippen MR) is 133 cm³/mol. The van der Waals surface area contributed by atoms with Gasteiger partial charge in [-0.25, -0.2) is 0 Å². The van der Waals surface area contributed by atoms with Gasteiger partial charge >= 0.3 is 0 Å². The van der Waals surface area contributed by atoms with Crippen LogP contribution in [0.1, 0.15) is 15.9 Å². The van der Waals surface area contributed by atoms with Crippen molar-refractivity contribution in [3.8, 4) is 11.5 Å². The number of methoxy groups -OCH3 is 2. The van der Waals surface area contributed by atoms with E-state index in [4.69, 9.17) is 33.3 Å². The summed E-state index contributed by atoms with van der Waals surface area (Å²) in [6.45, 7) is 0.468. The summed E-state index contributed by atoms with van der Waals surface area (Å²) in [5, 5.41) is 10.1. The Kier molecular flexibility index (Phi) is 8.30. The van der Waals surface area contributed by atoms with Gasteiger partial charge in [-0.15, -0.1) is 0 Å². The summed E-state index contributed by atoms with van der Waals surface area (Å²) in [6, 6.07) is 20.1. The standard InChI is InChI=1S/C24H24ClN3O3S/c1-30-21-12-7-16(15-22(21)31-2)13-14-26-23(29)19-5-3-4-6-20(19)28-24(32)27-18-10-8-17(25)9-11-18/h3-12,15H,13-14H2,1-2H3,(H,26,29)(H2,27,28,32). The van der Waals surface area contributed by atoms with Crippen LogP contribution in [0.15, 0.2) is 66.7 Å². The van der Waals surface area contributed by atoms with Crippen molar-refractivity contribution in [3.05, 3.63) is 82.9 Å². The zero-order chi connectivity index (χ0) is 22.9. The Hall–Kier alpha value is -3.29. The second-order valence-electron chi connectivity index (χ2n) is 6.83. The molecular weight excluding hydrogens is 446 g/mol. The van der Waals surface area contributed by atoms with Crippen LogP contribution in [0.5, 0.6) is 11.5 Å². The molecule has 1 amide bonds. The predicted octanol–water partition coefficient (Wildman–Crippen LogP) is 5.14. The van der Waals surface area contributed by atoms with Crippen LogP contribution in [-0.4, -0.2) is 31.8 Å². The van der Waals surface area contributed by atoms with Gasteiger partial charge in [-0.05, 0) is 72.7 Å². The molecule has 0 saturated heterocycles. The summed E-state index contributed by atoms with van der Waals surface area (Å²) in [6.07, 6.45) is 0.651. The van der Waals surface area contributed by atoms with E-state index < -0.39 is 0 Å². The number of para-hydroxylation sites is 1. The van der Waals surface area contributed by atoms with Crippen molar-refractivity contribution in [1.82, 2.24) is 5.32 Å². The molecule has 0 radical (unpaired) electrons. The van der Waals surface area contributed by atoms with E-state index in [1.807, 2.05) is 42.5 Å². The van der Waals surface area contributed by atoms with E-state index in [-0.39, 0.29) is 5.91 Å². The molecule has 6 nitrogen and oxygen atoms in total. The number of benzene rings is 3. The van der Waals surface area contributed by atoms with Gasteiger partial charge in [-0.3, -0.25) is 4.79 Å². The maximum atomic E-state index is 12.8. The number of carbonyl (C=O) groups is 1. The lowest BCUT2D eigenvalue weighted by Gasteiger charge is -2.14. The number of amides is 1. The highest BCUT2D eigenvalue weighted by atomic mass is 35.5. The summed E-state index contributed by atoms with van der Waals surface area (Å²) in [7, 11) is 3.19. The van der Waals surface area contributed by atoms with E-state index >= 15 is 0 Å². The SMILES string of the molecule is COc1ccc(CCNC(=O)c2ccccc2NC(=S)Nc2ccc(Cl)cc2)cc1OC. The Morgan fingerprint density at radius 2 is 1.66 bits per heavy atom. The number of hydrogen-bond acceptors (Lipinski definition) is 4. The molecule has 0 atom stereocenters. The van der Waals surface area contributed by atoms with Gasteiger partial charge in [0.05, 0.1) is 25.5 Å². The molecule has 0 fully saturated rings. The number of halogens is 1. The molecule has 0 bridgehead atoms. The largest absolute Gasteiger partial charge is 0.493 e. The Bertz CT molecular complexity index is 1090. The molecule has 3 aromatic carbocycles. The summed E-state index contributed by atoms with van der Waals surface area (Å²) in [4.78, 5) is 12.8. The fourth-order valence-electron chi connectivity index (χ4n) is 3.06. The van der Waals surface area contributed by atoms with Crippen molar-refractivity contribution in [2.75, 3.05) is 31.4 Å². The van der Waals surface area contributed by atoms with E-state index in [0.29, 0.717) is 45.9 Å². The average Bonchev–Trinajstić information content (AvgIpc) is 2.80. The van der Waals surface area contributed by atoms with Crippen LogP contribution in [0.3, 0.4) is 0 Å². The molecule has 0 aromatic heterocycles. The first kappa shape index (κ1) is 23.4. The van der Waals surface area contributed by atoms with Crippen molar-refractivity contribution in [2.24, 2.45) is 0 Å².